The van der Waals surface area contributed by atoms with Crippen LogP contribution in [0.1, 0.15) is 29.0 Å². The molecule has 1 fully saturated rings. The Bertz CT molecular complexity index is 2170. The van der Waals surface area contributed by atoms with Gasteiger partial charge in [0.25, 0.3) is 5.91 Å². The van der Waals surface area contributed by atoms with Crippen molar-refractivity contribution in [2.45, 2.75) is 44.5 Å². The third kappa shape index (κ3) is 5.90. The molecule has 0 saturated carbocycles. The number of nitrogens with zero attached hydrogens (tertiary/aromatic N) is 7. The van der Waals surface area contributed by atoms with Crippen LogP contribution in [0, 0.1) is 18.6 Å². The lowest BCUT2D eigenvalue weighted by molar-refractivity contribution is -0.135. The smallest absolute Gasteiger partial charge is 0.260 e. The second-order valence-electron chi connectivity index (χ2n) is 13.2. The summed E-state index contributed by atoms with van der Waals surface area (Å²) in [5, 5.41) is 11.3. The lowest BCUT2D eigenvalue weighted by atomic mass is 10.1. The number of ether oxygens (including phenoxy) is 2. The van der Waals surface area contributed by atoms with Gasteiger partial charge in [-0.1, -0.05) is 6.07 Å². The minimum atomic E-state index is -0.810. The third-order valence-electron chi connectivity index (χ3n) is 9.82. The Morgan fingerprint density at radius 3 is 2.76 bits per heavy atom. The maximum atomic E-state index is 15.0. The molecule has 15 heteroatoms. The summed E-state index contributed by atoms with van der Waals surface area (Å²) in [6, 6.07) is 11.4. The van der Waals surface area contributed by atoms with E-state index in [0.29, 0.717) is 78.2 Å². The minimum Gasteiger partial charge on any atom is -0.491 e. The summed E-state index contributed by atoms with van der Waals surface area (Å²) in [5.74, 6) is 0.441. The number of nitrogens with one attached hydrogen (secondary N) is 2. The van der Waals surface area contributed by atoms with Gasteiger partial charge in [0, 0.05) is 57.5 Å². The second-order valence-corrected chi connectivity index (χ2v) is 13.2. The molecule has 0 spiro atoms. The van der Waals surface area contributed by atoms with E-state index in [1.54, 1.807) is 30.0 Å². The first-order valence-electron chi connectivity index (χ1n) is 16.9. The Labute approximate surface area is 292 Å². The summed E-state index contributed by atoms with van der Waals surface area (Å²) >= 11 is 0. The lowest BCUT2D eigenvalue weighted by Gasteiger charge is -2.30. The van der Waals surface area contributed by atoms with Crippen LogP contribution in [-0.4, -0.2) is 105 Å². The van der Waals surface area contributed by atoms with Crippen LogP contribution in [-0.2, 0) is 16.1 Å². The molecule has 51 heavy (non-hydrogen) atoms. The average Bonchev–Trinajstić information content (AvgIpc) is 3.82. The lowest BCUT2D eigenvalue weighted by Crippen LogP contribution is -2.48. The van der Waals surface area contributed by atoms with Crippen molar-refractivity contribution in [1.29, 1.82) is 0 Å². The van der Waals surface area contributed by atoms with Crippen LogP contribution < -0.4 is 15.4 Å². The number of carbonyl (C=O) groups is 2. The molecule has 2 N–H and O–H groups in total. The molecule has 6 heterocycles. The van der Waals surface area contributed by atoms with Crippen molar-refractivity contribution in [1.82, 2.24) is 34.1 Å². The summed E-state index contributed by atoms with van der Waals surface area (Å²) in [7, 11) is 3.29. The third-order valence-corrected chi connectivity index (χ3v) is 9.82. The zero-order chi connectivity index (χ0) is 35.4. The highest BCUT2D eigenvalue weighted by atomic mass is 19.1. The van der Waals surface area contributed by atoms with Crippen molar-refractivity contribution in [2.75, 3.05) is 51.0 Å². The van der Waals surface area contributed by atoms with E-state index in [0.717, 1.165) is 5.52 Å². The molecule has 3 atom stereocenters. The zero-order valence-corrected chi connectivity index (χ0v) is 28.4. The Morgan fingerprint density at radius 1 is 1.06 bits per heavy atom. The minimum absolute atomic E-state index is 0.203. The van der Waals surface area contributed by atoms with Gasteiger partial charge in [0.15, 0.2) is 0 Å². The first-order chi connectivity index (χ1) is 24.7. The number of hydrogen-bond acceptors (Lipinski definition) is 9. The largest absolute Gasteiger partial charge is 0.491 e. The fourth-order valence-electron chi connectivity index (χ4n) is 7.35. The topological polar surface area (TPSA) is 132 Å². The number of methoxy groups -OCH3 is 1. The van der Waals surface area contributed by atoms with Gasteiger partial charge in [0.2, 0.25) is 5.91 Å². The van der Waals surface area contributed by atoms with Crippen molar-refractivity contribution in [3.8, 4) is 22.7 Å². The molecule has 0 unspecified atom stereocenters. The van der Waals surface area contributed by atoms with Gasteiger partial charge in [0.05, 0.1) is 42.2 Å². The Morgan fingerprint density at radius 2 is 1.92 bits per heavy atom. The van der Waals surface area contributed by atoms with E-state index < -0.39 is 23.8 Å². The SMILES string of the molecule is CO[C@H]1CN(C)C(=O)[C@@H]2C[C@@H](CN2C(=O)c2cnn3c2NCCCOc2cc(F)ccc2-3)Nc2cccc(n2)-c2cc(F)cc3nc(C)n(c23)C1. The first kappa shape index (κ1) is 32.6. The summed E-state index contributed by atoms with van der Waals surface area (Å²) in [6.07, 6.45) is 1.93. The summed E-state index contributed by atoms with van der Waals surface area (Å²) in [5.41, 5.74) is 3.12. The molecular weight excluding hydrogens is 660 g/mol. The molecule has 3 aliphatic heterocycles. The number of halogens is 2. The fourth-order valence-corrected chi connectivity index (χ4v) is 7.35. The van der Waals surface area contributed by atoms with Crippen molar-refractivity contribution in [3.63, 3.8) is 0 Å². The number of carbonyl (C=O) groups excluding carboxylic acids is 2. The molecule has 5 aromatic rings. The highest BCUT2D eigenvalue weighted by Crippen LogP contribution is 2.34. The number of likely N-dealkylation sites (tertiary alicyclic amines) is 1. The van der Waals surface area contributed by atoms with Crippen LogP contribution in [0.25, 0.3) is 28.0 Å². The molecule has 3 aliphatic rings. The number of rotatable bonds is 2. The van der Waals surface area contributed by atoms with E-state index in [4.69, 9.17) is 14.5 Å². The number of imidazole rings is 1. The molecule has 2 aromatic carbocycles. The standard InChI is InChI=1S/C36H37F2N9O4/c1-20-41-28-13-22(38)12-25-27-6-4-7-32(43-27)42-23-15-30(36(49)44(2)18-24(50-3)19-45(20)33(25)28)46(17-23)35(48)26-16-40-47-29-9-8-21(37)14-31(29)51-11-5-10-39-34(26)47/h4,6-9,12-14,16,23-24,30,39H,5,10-11,15,17-19H2,1-3H3,(H,42,43)/t23-,24-,30-/m0/s1. The second kappa shape index (κ2) is 13.0. The van der Waals surface area contributed by atoms with Crippen LogP contribution in [0.5, 0.6) is 5.75 Å². The summed E-state index contributed by atoms with van der Waals surface area (Å²) in [6.45, 7) is 3.45. The van der Waals surface area contributed by atoms with Crippen LogP contribution in [0.2, 0.25) is 0 Å². The number of aromatic nitrogens is 5. The fraction of sp³-hybridized carbons (Fsp3) is 0.361. The van der Waals surface area contributed by atoms with Crippen molar-refractivity contribution < 1.29 is 27.8 Å². The number of hydrogen-bond donors (Lipinski definition) is 2. The zero-order valence-electron chi connectivity index (χ0n) is 28.4. The molecule has 8 rings (SSSR count). The van der Waals surface area contributed by atoms with Crippen molar-refractivity contribution in [2.24, 2.45) is 0 Å². The van der Waals surface area contributed by atoms with Crippen LogP contribution in [0.15, 0.2) is 54.7 Å². The van der Waals surface area contributed by atoms with Gasteiger partial charge >= 0.3 is 0 Å². The molecule has 0 aliphatic carbocycles. The molecule has 1 saturated heterocycles. The van der Waals surface area contributed by atoms with E-state index in [1.807, 2.05) is 29.7 Å². The quantitative estimate of drug-likeness (QED) is 0.278. The monoisotopic (exact) mass is 697 g/mol. The average molecular weight is 698 g/mol. The molecule has 2 amide bonds. The number of anilines is 2. The van der Waals surface area contributed by atoms with Gasteiger partial charge < -0.3 is 34.5 Å². The van der Waals surface area contributed by atoms with E-state index in [-0.39, 0.29) is 36.5 Å². The Hall–Kier alpha value is -5.57. The number of benzene rings is 2. The summed E-state index contributed by atoms with van der Waals surface area (Å²) < 4.78 is 44.4. The maximum Gasteiger partial charge on any atom is 0.260 e. The Balaban J connectivity index is 1.18. The van der Waals surface area contributed by atoms with Gasteiger partial charge in [-0.25, -0.2) is 23.4 Å². The molecule has 264 valence electrons. The van der Waals surface area contributed by atoms with Crippen molar-refractivity contribution in [3.05, 3.63) is 77.8 Å². The predicted octanol–water partition coefficient (Wildman–Crippen LogP) is 4.25. The number of fused-ring (bicyclic) bond motifs is 8. The van der Waals surface area contributed by atoms with E-state index in [2.05, 4.69) is 20.7 Å². The number of pyridine rings is 1. The molecule has 3 aromatic heterocycles. The molecule has 0 radical (unpaired) electrons. The maximum absolute atomic E-state index is 15.0. The first-order valence-corrected chi connectivity index (χ1v) is 16.9. The van der Waals surface area contributed by atoms with Crippen LogP contribution in [0.4, 0.5) is 20.4 Å². The van der Waals surface area contributed by atoms with E-state index in [9.17, 15) is 18.4 Å². The van der Waals surface area contributed by atoms with Gasteiger partial charge in [0.1, 0.15) is 52.1 Å². The van der Waals surface area contributed by atoms with Crippen LogP contribution in [0.3, 0.4) is 0 Å². The highest BCUT2D eigenvalue weighted by molar-refractivity contribution is 6.02. The van der Waals surface area contributed by atoms with Gasteiger partial charge in [-0.2, -0.15) is 5.10 Å². The number of likely N-dealkylation sites (N-methyl/N-ethyl adjacent to an activating group) is 1. The number of amides is 2. The van der Waals surface area contributed by atoms with Gasteiger partial charge in [-0.15, -0.1) is 0 Å². The Kier molecular flexibility index (Phi) is 8.29. The normalized spacial score (nSPS) is 20.5. The van der Waals surface area contributed by atoms with Crippen LogP contribution >= 0.6 is 0 Å². The predicted molar refractivity (Wildman–Crippen MR) is 185 cm³/mol. The van der Waals surface area contributed by atoms with Gasteiger partial charge in [-0.05, 0) is 50.1 Å². The van der Waals surface area contributed by atoms with E-state index >= 15 is 0 Å². The number of aryl methyl sites for hydroxylation is 1. The van der Waals surface area contributed by atoms with Gasteiger partial charge in [-0.3, -0.25) is 9.59 Å². The van der Waals surface area contributed by atoms with Crippen molar-refractivity contribution >= 4 is 34.5 Å². The molecule has 4 bridgehead atoms. The highest BCUT2D eigenvalue weighted by Gasteiger charge is 2.43. The molecule has 13 nitrogen and oxygen atoms in total. The summed E-state index contributed by atoms with van der Waals surface area (Å²) in [4.78, 5) is 41.6. The van der Waals surface area contributed by atoms with E-state index in [1.165, 1.54) is 35.1 Å². The molecular formula is C36H37F2N9O4.